The molecule has 0 radical (unpaired) electrons. The van der Waals surface area contributed by atoms with Gasteiger partial charge in [-0.15, -0.1) is 0 Å². The normalized spacial score (nSPS) is 38.1. The molecule has 12 atom stereocenters. The molecule has 0 spiro atoms. The Labute approximate surface area is 326 Å². The average Bonchev–Trinajstić information content (AvgIpc) is 3.26. The summed E-state index contributed by atoms with van der Waals surface area (Å²) in [5.74, 6) is 5.24. The standard InChI is InChI=1S/C44H59N3O8/c1-26-22-27(2)40(49)53-31(6)44(8)38-30(5)36(45-19-20-47(38)42(50)55-44)28(3)25-43(7,39(26)54-41-37(48)35(46(9)10)23-29(4)52-41)51-21-13-14-32-17-18-33-15-11-12-16-34(33)24-32/h11-12,15-18,22,24,26,28-31,35,37-39,41,48H,19-21,23,25H2,1-10H3/b27-22-/t26-,28+,29-,30-,31+,35+,37?,38+,39+,41+,43-,44+/m0/s1. The molecule has 1 unspecified atom stereocenters. The van der Waals surface area contributed by atoms with E-state index in [0.29, 0.717) is 31.5 Å². The number of nitrogens with zero attached hydrogens (tertiary/aromatic N) is 3. The van der Waals surface area contributed by atoms with Crippen LogP contribution >= 0.6 is 0 Å². The number of likely N-dealkylation sites (N-methyl/N-ethyl adjacent to an activating group) is 1. The zero-order chi connectivity index (χ0) is 39.8. The molecule has 2 aromatic carbocycles. The van der Waals surface area contributed by atoms with Crippen LogP contribution in [0.2, 0.25) is 0 Å². The highest BCUT2D eigenvalue weighted by Crippen LogP contribution is 2.43. The molecule has 2 bridgehead atoms. The molecule has 298 valence electrons. The molecule has 4 heterocycles. The lowest BCUT2D eigenvalue weighted by molar-refractivity contribution is -0.295. The van der Waals surface area contributed by atoms with E-state index in [2.05, 4.69) is 50.0 Å². The molecule has 0 aromatic heterocycles. The number of carbonyl (C=O) groups excluding carboxylic acids is 2. The molecule has 2 saturated heterocycles. The van der Waals surface area contributed by atoms with Gasteiger partial charge in [0.1, 0.15) is 18.8 Å². The van der Waals surface area contributed by atoms with Crippen LogP contribution in [0, 0.1) is 29.6 Å². The molecule has 6 rings (SSSR count). The molecule has 4 aliphatic heterocycles. The van der Waals surface area contributed by atoms with E-state index in [0.717, 1.165) is 22.0 Å². The molecule has 11 nitrogen and oxygen atoms in total. The van der Waals surface area contributed by atoms with Gasteiger partial charge in [-0.3, -0.25) is 9.89 Å². The van der Waals surface area contributed by atoms with Crippen molar-refractivity contribution in [1.29, 1.82) is 0 Å². The first-order valence-electron chi connectivity index (χ1n) is 19.7. The maximum atomic E-state index is 13.8. The number of hydrogen-bond acceptors (Lipinski definition) is 10. The van der Waals surface area contributed by atoms with Crippen molar-refractivity contribution in [2.75, 3.05) is 33.8 Å². The summed E-state index contributed by atoms with van der Waals surface area (Å²) < 4.78 is 32.3. The van der Waals surface area contributed by atoms with E-state index in [1.165, 1.54) is 0 Å². The average molecular weight is 758 g/mol. The summed E-state index contributed by atoms with van der Waals surface area (Å²) in [6.45, 7) is 16.4. The van der Waals surface area contributed by atoms with E-state index in [9.17, 15) is 14.7 Å². The molecule has 1 N–H and O–H groups in total. The molecule has 1 amide bonds. The molecular weight excluding hydrogens is 698 g/mol. The van der Waals surface area contributed by atoms with Gasteiger partial charge in [0.25, 0.3) is 0 Å². The Bertz CT molecular complexity index is 1870. The van der Waals surface area contributed by atoms with Crippen LogP contribution in [0.5, 0.6) is 0 Å². The van der Waals surface area contributed by atoms with Crippen molar-refractivity contribution >= 4 is 28.5 Å². The van der Waals surface area contributed by atoms with Gasteiger partial charge in [0, 0.05) is 41.3 Å². The summed E-state index contributed by atoms with van der Waals surface area (Å²) >= 11 is 0. The van der Waals surface area contributed by atoms with Crippen molar-refractivity contribution in [3.63, 3.8) is 0 Å². The van der Waals surface area contributed by atoms with Crippen LogP contribution in [-0.2, 0) is 28.5 Å². The first kappa shape index (κ1) is 40.9. The lowest BCUT2D eigenvalue weighted by Gasteiger charge is -2.47. The molecule has 11 heteroatoms. The summed E-state index contributed by atoms with van der Waals surface area (Å²) in [6, 6.07) is 13.7. The molecular formula is C44H59N3O8. The van der Waals surface area contributed by atoms with Crippen LogP contribution in [0.3, 0.4) is 0 Å². The van der Waals surface area contributed by atoms with E-state index in [1.54, 1.807) is 18.7 Å². The van der Waals surface area contributed by atoms with Gasteiger partial charge in [-0.2, -0.15) is 0 Å². The first-order chi connectivity index (χ1) is 26.0. The summed E-state index contributed by atoms with van der Waals surface area (Å²) in [4.78, 5) is 36.0. The number of fused-ring (bicyclic) bond motifs is 2. The Morgan fingerprint density at radius 3 is 2.51 bits per heavy atom. The third-order valence-electron chi connectivity index (χ3n) is 12.3. The molecule has 2 fully saturated rings. The third-order valence-corrected chi connectivity index (χ3v) is 12.3. The van der Waals surface area contributed by atoms with Gasteiger partial charge in [0.15, 0.2) is 11.9 Å². The second-order valence-corrected chi connectivity index (χ2v) is 16.7. The van der Waals surface area contributed by atoms with Crippen molar-refractivity contribution in [2.24, 2.45) is 22.7 Å². The number of carbonyl (C=O) groups is 2. The predicted octanol–water partition coefficient (Wildman–Crippen LogP) is 6.00. The zero-order valence-electron chi connectivity index (χ0n) is 34.1. The Balaban J connectivity index is 1.41. The molecule has 2 aromatic rings. The number of rotatable bonds is 5. The fourth-order valence-electron chi connectivity index (χ4n) is 9.37. The number of ether oxygens (including phenoxy) is 5. The predicted molar refractivity (Wildman–Crippen MR) is 212 cm³/mol. The van der Waals surface area contributed by atoms with Gasteiger partial charge in [0.05, 0.1) is 30.4 Å². The summed E-state index contributed by atoms with van der Waals surface area (Å²) in [5.41, 5.74) is 0.0427. The van der Waals surface area contributed by atoms with E-state index < -0.39 is 59.8 Å². The van der Waals surface area contributed by atoms with Crippen LogP contribution in [0.15, 0.2) is 59.1 Å². The highest BCUT2D eigenvalue weighted by Gasteiger charge is 2.59. The first-order valence-corrected chi connectivity index (χ1v) is 19.7. The number of esters is 1. The number of amides is 1. The highest BCUT2D eigenvalue weighted by molar-refractivity contribution is 5.91. The van der Waals surface area contributed by atoms with Crippen LogP contribution < -0.4 is 0 Å². The van der Waals surface area contributed by atoms with Gasteiger partial charge in [-0.05, 0) is 90.4 Å². The highest BCUT2D eigenvalue weighted by atomic mass is 16.7. The van der Waals surface area contributed by atoms with Crippen molar-refractivity contribution in [2.45, 2.75) is 122 Å². The Hall–Kier alpha value is -3.79. The SMILES string of the molecule is C/C1=C/[C@H](C)[C@@H](O[C@H]2O[C@@H](C)C[C@@H](N(C)C)C2O)[C@@](C)(OCC#Cc2ccc3ccccc3c2)C[C@@H](C)C2=NCCN3C(=O)O[C@](C)([C@@H](C)OC1=O)[C@H]3[C@H]2C. The van der Waals surface area contributed by atoms with Crippen molar-refractivity contribution in [3.8, 4) is 11.8 Å². The second-order valence-electron chi connectivity index (χ2n) is 16.7. The van der Waals surface area contributed by atoms with Crippen LogP contribution in [0.1, 0.15) is 73.8 Å². The Morgan fingerprint density at radius 1 is 1.05 bits per heavy atom. The minimum absolute atomic E-state index is 0.0918. The lowest BCUT2D eigenvalue weighted by atomic mass is 9.74. The van der Waals surface area contributed by atoms with E-state index >= 15 is 0 Å². The van der Waals surface area contributed by atoms with Crippen LogP contribution in [0.25, 0.3) is 10.8 Å². The number of aliphatic imine (C=N–C) groups is 1. The van der Waals surface area contributed by atoms with Gasteiger partial charge in [0.2, 0.25) is 0 Å². The minimum Gasteiger partial charge on any atom is -0.455 e. The van der Waals surface area contributed by atoms with E-state index in [-0.39, 0.29) is 30.6 Å². The van der Waals surface area contributed by atoms with Gasteiger partial charge >= 0.3 is 12.1 Å². The number of cyclic esters (lactones) is 1. The summed E-state index contributed by atoms with van der Waals surface area (Å²) in [7, 11) is 3.89. The largest absolute Gasteiger partial charge is 0.455 e. The number of benzene rings is 2. The molecule has 0 saturated carbocycles. The monoisotopic (exact) mass is 757 g/mol. The maximum Gasteiger partial charge on any atom is 0.410 e. The summed E-state index contributed by atoms with van der Waals surface area (Å²) in [5, 5.41) is 13.9. The summed E-state index contributed by atoms with van der Waals surface area (Å²) in [6.07, 6.45) is -1.01. The second kappa shape index (κ2) is 16.4. The fraction of sp³-hybridized carbons (Fsp3) is 0.614. The quantitative estimate of drug-likeness (QED) is 0.290. The minimum atomic E-state index is -1.11. The van der Waals surface area contributed by atoms with Crippen molar-refractivity contribution in [1.82, 2.24) is 9.80 Å². The van der Waals surface area contributed by atoms with Gasteiger partial charge in [-0.25, -0.2) is 9.59 Å². The zero-order valence-corrected chi connectivity index (χ0v) is 34.1. The Morgan fingerprint density at radius 2 is 1.78 bits per heavy atom. The third kappa shape index (κ3) is 8.35. The lowest BCUT2D eigenvalue weighted by Crippen LogP contribution is -2.59. The number of aliphatic hydroxyl groups excluding tert-OH is 1. The maximum absolute atomic E-state index is 13.8. The van der Waals surface area contributed by atoms with Gasteiger partial charge < -0.3 is 33.7 Å². The van der Waals surface area contributed by atoms with Crippen LogP contribution in [0.4, 0.5) is 4.79 Å². The van der Waals surface area contributed by atoms with Crippen molar-refractivity contribution < 1.29 is 38.4 Å². The number of aliphatic hydroxyl groups is 1. The molecule has 0 aliphatic carbocycles. The Kier molecular flexibility index (Phi) is 12.2. The smallest absolute Gasteiger partial charge is 0.410 e. The van der Waals surface area contributed by atoms with E-state index in [1.807, 2.05) is 71.0 Å². The number of hydrogen-bond donors (Lipinski definition) is 1. The van der Waals surface area contributed by atoms with Crippen LogP contribution in [-0.4, -0.2) is 120 Å². The molecule has 55 heavy (non-hydrogen) atoms. The molecule has 4 aliphatic rings. The van der Waals surface area contributed by atoms with E-state index in [4.69, 9.17) is 28.7 Å². The topological polar surface area (TPSA) is 119 Å². The fourth-order valence-corrected chi connectivity index (χ4v) is 9.37. The van der Waals surface area contributed by atoms with Crippen molar-refractivity contribution in [3.05, 3.63) is 59.7 Å². The van der Waals surface area contributed by atoms with Gasteiger partial charge in [-0.1, -0.05) is 69.0 Å².